The minimum Gasteiger partial charge on any atom is -0.306 e. The molecule has 1 heterocycles. The summed E-state index contributed by atoms with van der Waals surface area (Å²) in [6.45, 7) is 3.04. The fourth-order valence-electron chi connectivity index (χ4n) is 1.28. The molecule has 2 unspecified atom stereocenters. The fourth-order valence-corrected chi connectivity index (χ4v) is 1.28. The van der Waals surface area contributed by atoms with E-state index in [0.29, 0.717) is 5.92 Å². The zero-order chi connectivity index (χ0) is 8.27. The summed E-state index contributed by atoms with van der Waals surface area (Å²) in [7, 11) is 1.44. The van der Waals surface area contributed by atoms with Crippen molar-refractivity contribution in [2.45, 2.75) is 19.4 Å². The van der Waals surface area contributed by atoms with Gasteiger partial charge >= 0.3 is 0 Å². The van der Waals surface area contributed by atoms with Gasteiger partial charge in [-0.3, -0.25) is 9.63 Å². The Bertz CT molecular complexity index is 149. The maximum atomic E-state index is 11.1. The highest BCUT2D eigenvalue weighted by atomic mass is 16.6. The SMILES string of the molecule is CONC(=O)C1CC(C)CN1. The van der Waals surface area contributed by atoms with E-state index in [9.17, 15) is 4.79 Å². The van der Waals surface area contributed by atoms with Crippen molar-refractivity contribution in [3.63, 3.8) is 0 Å². The Kier molecular flexibility index (Phi) is 2.84. The quantitative estimate of drug-likeness (QED) is 0.541. The molecular weight excluding hydrogens is 144 g/mol. The summed E-state index contributed by atoms with van der Waals surface area (Å²) in [6.07, 6.45) is 0.898. The molecular formula is C7H14N2O2. The Balaban J connectivity index is 2.31. The molecule has 0 saturated carbocycles. The Labute approximate surface area is 66.3 Å². The minimum absolute atomic E-state index is 0.0649. The van der Waals surface area contributed by atoms with Crippen LogP contribution in [0.15, 0.2) is 0 Å². The molecule has 0 spiro atoms. The second-order valence-electron chi connectivity index (χ2n) is 2.97. The maximum absolute atomic E-state index is 11.1. The minimum atomic E-state index is -0.0724. The van der Waals surface area contributed by atoms with E-state index in [1.54, 1.807) is 0 Å². The molecule has 0 bridgehead atoms. The lowest BCUT2D eigenvalue weighted by molar-refractivity contribution is -0.133. The van der Waals surface area contributed by atoms with E-state index < -0.39 is 0 Å². The Morgan fingerprint density at radius 3 is 2.91 bits per heavy atom. The summed E-state index contributed by atoms with van der Waals surface area (Å²) >= 11 is 0. The van der Waals surface area contributed by atoms with Crippen LogP contribution in [0, 0.1) is 5.92 Å². The van der Waals surface area contributed by atoms with E-state index >= 15 is 0 Å². The summed E-state index contributed by atoms with van der Waals surface area (Å²) in [5.41, 5.74) is 2.31. The van der Waals surface area contributed by atoms with Crippen LogP contribution in [0.1, 0.15) is 13.3 Å². The Hall–Kier alpha value is -0.610. The molecule has 2 N–H and O–H groups in total. The molecule has 0 aliphatic carbocycles. The molecule has 1 aliphatic rings. The lowest BCUT2D eigenvalue weighted by Gasteiger charge is -2.08. The van der Waals surface area contributed by atoms with Crippen LogP contribution in [-0.2, 0) is 9.63 Å². The van der Waals surface area contributed by atoms with Gasteiger partial charge in [0.15, 0.2) is 0 Å². The van der Waals surface area contributed by atoms with Gasteiger partial charge in [-0.05, 0) is 18.9 Å². The van der Waals surface area contributed by atoms with E-state index in [1.807, 2.05) is 0 Å². The van der Waals surface area contributed by atoms with Crippen LogP contribution in [0.3, 0.4) is 0 Å². The van der Waals surface area contributed by atoms with Gasteiger partial charge in [-0.15, -0.1) is 0 Å². The number of hydrogen-bond donors (Lipinski definition) is 2. The topological polar surface area (TPSA) is 50.4 Å². The summed E-state index contributed by atoms with van der Waals surface area (Å²) in [4.78, 5) is 15.6. The lowest BCUT2D eigenvalue weighted by atomic mass is 10.1. The van der Waals surface area contributed by atoms with Gasteiger partial charge in [0.2, 0.25) is 0 Å². The van der Waals surface area contributed by atoms with Crippen molar-refractivity contribution >= 4 is 5.91 Å². The molecule has 2 atom stereocenters. The van der Waals surface area contributed by atoms with Crippen molar-refractivity contribution in [2.75, 3.05) is 13.7 Å². The van der Waals surface area contributed by atoms with Gasteiger partial charge in [0.05, 0.1) is 13.2 Å². The Morgan fingerprint density at radius 1 is 1.73 bits per heavy atom. The molecule has 0 aromatic heterocycles. The summed E-state index contributed by atoms with van der Waals surface area (Å²) in [6, 6.07) is -0.0649. The van der Waals surface area contributed by atoms with E-state index in [0.717, 1.165) is 13.0 Å². The third-order valence-corrected chi connectivity index (χ3v) is 1.87. The van der Waals surface area contributed by atoms with Gasteiger partial charge in [-0.25, -0.2) is 5.48 Å². The van der Waals surface area contributed by atoms with Crippen molar-refractivity contribution in [2.24, 2.45) is 5.92 Å². The molecule has 0 radical (unpaired) electrons. The normalized spacial score (nSPS) is 30.4. The third kappa shape index (κ3) is 2.17. The monoisotopic (exact) mass is 158 g/mol. The number of carbonyl (C=O) groups is 1. The predicted octanol–water partition coefficient (Wildman–Crippen LogP) is -0.338. The van der Waals surface area contributed by atoms with Gasteiger partial charge in [0.1, 0.15) is 0 Å². The van der Waals surface area contributed by atoms with E-state index in [2.05, 4.69) is 22.6 Å². The highest BCUT2D eigenvalue weighted by Crippen LogP contribution is 2.12. The average Bonchev–Trinajstić information content (AvgIpc) is 2.36. The molecule has 0 aromatic rings. The van der Waals surface area contributed by atoms with E-state index in [-0.39, 0.29) is 11.9 Å². The first-order valence-electron chi connectivity index (χ1n) is 3.80. The smallest absolute Gasteiger partial charge is 0.260 e. The number of carbonyl (C=O) groups excluding carboxylic acids is 1. The first-order chi connectivity index (χ1) is 5.24. The number of hydrogen-bond acceptors (Lipinski definition) is 3. The van der Waals surface area contributed by atoms with Gasteiger partial charge in [-0.2, -0.15) is 0 Å². The van der Waals surface area contributed by atoms with Crippen molar-refractivity contribution in [1.82, 2.24) is 10.8 Å². The lowest BCUT2D eigenvalue weighted by Crippen LogP contribution is -2.39. The molecule has 1 saturated heterocycles. The van der Waals surface area contributed by atoms with Crippen LogP contribution in [0.2, 0.25) is 0 Å². The van der Waals surface area contributed by atoms with Crippen LogP contribution in [0.5, 0.6) is 0 Å². The van der Waals surface area contributed by atoms with Crippen LogP contribution in [0.25, 0.3) is 0 Å². The second-order valence-corrected chi connectivity index (χ2v) is 2.97. The van der Waals surface area contributed by atoms with Crippen LogP contribution in [0.4, 0.5) is 0 Å². The van der Waals surface area contributed by atoms with Gasteiger partial charge in [-0.1, -0.05) is 6.92 Å². The first-order valence-corrected chi connectivity index (χ1v) is 3.80. The van der Waals surface area contributed by atoms with Crippen LogP contribution in [-0.4, -0.2) is 25.6 Å². The molecule has 4 nitrogen and oxygen atoms in total. The van der Waals surface area contributed by atoms with Gasteiger partial charge < -0.3 is 5.32 Å². The zero-order valence-corrected chi connectivity index (χ0v) is 6.89. The summed E-state index contributed by atoms with van der Waals surface area (Å²) in [5, 5.41) is 3.10. The fraction of sp³-hybridized carbons (Fsp3) is 0.857. The third-order valence-electron chi connectivity index (χ3n) is 1.87. The maximum Gasteiger partial charge on any atom is 0.260 e. The van der Waals surface area contributed by atoms with Crippen molar-refractivity contribution in [3.05, 3.63) is 0 Å². The summed E-state index contributed by atoms with van der Waals surface area (Å²) < 4.78 is 0. The number of rotatable bonds is 2. The van der Waals surface area contributed by atoms with E-state index in [1.165, 1.54) is 7.11 Å². The number of amides is 1. The average molecular weight is 158 g/mol. The van der Waals surface area contributed by atoms with Gasteiger partial charge in [0, 0.05) is 0 Å². The van der Waals surface area contributed by atoms with Crippen molar-refractivity contribution < 1.29 is 9.63 Å². The predicted molar refractivity (Wildman–Crippen MR) is 40.7 cm³/mol. The van der Waals surface area contributed by atoms with Gasteiger partial charge in [0.25, 0.3) is 5.91 Å². The largest absolute Gasteiger partial charge is 0.306 e. The summed E-state index contributed by atoms with van der Waals surface area (Å²) in [5.74, 6) is 0.513. The molecule has 64 valence electrons. The number of nitrogens with one attached hydrogen (secondary N) is 2. The van der Waals surface area contributed by atoms with Crippen molar-refractivity contribution in [1.29, 1.82) is 0 Å². The molecule has 4 heteroatoms. The zero-order valence-electron chi connectivity index (χ0n) is 6.89. The first kappa shape index (κ1) is 8.49. The molecule has 1 aliphatic heterocycles. The molecule has 1 rings (SSSR count). The molecule has 1 fully saturated rings. The van der Waals surface area contributed by atoms with E-state index in [4.69, 9.17) is 0 Å². The number of hydroxylamine groups is 1. The highest BCUT2D eigenvalue weighted by Gasteiger charge is 2.26. The van der Waals surface area contributed by atoms with Crippen molar-refractivity contribution in [3.8, 4) is 0 Å². The second kappa shape index (κ2) is 3.69. The van der Waals surface area contributed by atoms with Crippen LogP contribution < -0.4 is 10.8 Å². The highest BCUT2D eigenvalue weighted by molar-refractivity contribution is 5.81. The Morgan fingerprint density at radius 2 is 2.45 bits per heavy atom. The molecule has 1 amide bonds. The molecule has 0 aromatic carbocycles. The molecule has 11 heavy (non-hydrogen) atoms. The van der Waals surface area contributed by atoms with Crippen LogP contribution >= 0.6 is 0 Å². The standard InChI is InChI=1S/C7H14N2O2/c1-5-3-6(8-4-5)7(10)9-11-2/h5-6,8H,3-4H2,1-2H3,(H,9,10).